The summed E-state index contributed by atoms with van der Waals surface area (Å²) in [7, 11) is 0. The van der Waals surface area contributed by atoms with Crippen LogP contribution in [0.4, 0.5) is 5.69 Å². The first-order chi connectivity index (χ1) is 18.8. The maximum absolute atomic E-state index is 13.1. The molecule has 0 aliphatic rings. The number of carbonyl (C=O) groups is 3. The van der Waals surface area contributed by atoms with Crippen molar-refractivity contribution in [2.75, 3.05) is 18.5 Å². The molecule has 0 aliphatic carbocycles. The van der Waals surface area contributed by atoms with Crippen molar-refractivity contribution in [3.8, 4) is 17.2 Å². The van der Waals surface area contributed by atoms with Gasteiger partial charge in [0.15, 0.2) is 6.10 Å². The third kappa shape index (κ3) is 8.77. The molecule has 1 amide bonds. The van der Waals surface area contributed by atoms with Crippen LogP contribution in [0.5, 0.6) is 17.2 Å². The predicted molar refractivity (Wildman–Crippen MR) is 146 cm³/mol. The van der Waals surface area contributed by atoms with Crippen molar-refractivity contribution < 1.29 is 38.8 Å². The van der Waals surface area contributed by atoms with E-state index in [0.29, 0.717) is 19.0 Å². The average molecular weight is 536 g/mol. The highest BCUT2D eigenvalue weighted by Crippen LogP contribution is 2.30. The molecule has 2 atom stereocenters. The van der Waals surface area contributed by atoms with Crippen molar-refractivity contribution in [1.82, 2.24) is 0 Å². The molecule has 0 aliphatic heterocycles. The zero-order valence-corrected chi connectivity index (χ0v) is 22.0. The van der Waals surface area contributed by atoms with E-state index in [1.807, 2.05) is 48.5 Å². The Kier molecular flexibility index (Phi) is 10.7. The molecule has 0 fully saturated rings. The third-order valence-electron chi connectivity index (χ3n) is 5.97. The summed E-state index contributed by atoms with van der Waals surface area (Å²) in [5.41, 5.74) is 0.813. The summed E-state index contributed by atoms with van der Waals surface area (Å²) >= 11 is 0. The fourth-order valence-electron chi connectivity index (χ4n) is 3.68. The SMILES string of the molecule is CCC(Oc1cc(C(=O)O)ccc1NC(=O)C(C)c1cccc(OCCCCOc2ccccc2)c1)C(=O)O. The van der Waals surface area contributed by atoms with Crippen LogP contribution in [0.15, 0.2) is 72.8 Å². The smallest absolute Gasteiger partial charge is 0.344 e. The Morgan fingerprint density at radius 3 is 2.15 bits per heavy atom. The van der Waals surface area contributed by atoms with Crippen molar-refractivity contribution in [1.29, 1.82) is 0 Å². The molecule has 2 unspecified atom stereocenters. The maximum Gasteiger partial charge on any atom is 0.344 e. The average Bonchev–Trinajstić information content (AvgIpc) is 2.94. The van der Waals surface area contributed by atoms with E-state index >= 15 is 0 Å². The van der Waals surface area contributed by atoms with Gasteiger partial charge < -0.3 is 29.7 Å². The predicted octanol–water partition coefficient (Wildman–Crippen LogP) is 5.61. The Bertz CT molecular complexity index is 1260. The first-order valence-corrected chi connectivity index (χ1v) is 12.8. The molecule has 0 bridgehead atoms. The van der Waals surface area contributed by atoms with Crippen LogP contribution in [0.3, 0.4) is 0 Å². The number of carbonyl (C=O) groups excluding carboxylic acids is 1. The van der Waals surface area contributed by atoms with Crippen LogP contribution < -0.4 is 19.5 Å². The van der Waals surface area contributed by atoms with Gasteiger partial charge in [-0.05, 0) is 74.2 Å². The van der Waals surface area contributed by atoms with Crippen molar-refractivity contribution in [2.45, 2.75) is 45.1 Å². The van der Waals surface area contributed by atoms with Gasteiger partial charge in [-0.2, -0.15) is 0 Å². The van der Waals surface area contributed by atoms with Gasteiger partial charge in [-0.25, -0.2) is 9.59 Å². The topological polar surface area (TPSA) is 131 Å². The van der Waals surface area contributed by atoms with Gasteiger partial charge in [0.25, 0.3) is 0 Å². The molecule has 3 rings (SSSR count). The van der Waals surface area contributed by atoms with Gasteiger partial charge in [0.2, 0.25) is 5.91 Å². The van der Waals surface area contributed by atoms with Crippen molar-refractivity contribution >= 4 is 23.5 Å². The number of ether oxygens (including phenoxy) is 3. The number of hydrogen-bond acceptors (Lipinski definition) is 6. The van der Waals surface area contributed by atoms with Gasteiger partial charge in [-0.15, -0.1) is 0 Å². The number of anilines is 1. The van der Waals surface area contributed by atoms with Gasteiger partial charge in [-0.3, -0.25) is 4.79 Å². The van der Waals surface area contributed by atoms with E-state index in [0.717, 1.165) is 24.2 Å². The number of nitrogens with one attached hydrogen (secondary N) is 1. The normalized spacial score (nSPS) is 12.2. The summed E-state index contributed by atoms with van der Waals surface area (Å²) in [4.78, 5) is 35.9. The number of para-hydroxylation sites is 1. The highest BCUT2D eigenvalue weighted by atomic mass is 16.5. The van der Waals surface area contributed by atoms with Gasteiger partial charge in [0, 0.05) is 0 Å². The van der Waals surface area contributed by atoms with Gasteiger partial charge in [-0.1, -0.05) is 37.3 Å². The van der Waals surface area contributed by atoms with E-state index in [1.165, 1.54) is 18.2 Å². The van der Waals surface area contributed by atoms with Crippen LogP contribution >= 0.6 is 0 Å². The van der Waals surface area contributed by atoms with E-state index < -0.39 is 24.0 Å². The number of carboxylic acids is 2. The van der Waals surface area contributed by atoms with E-state index in [1.54, 1.807) is 19.9 Å². The number of carboxylic acid groups (broad SMARTS) is 2. The third-order valence-corrected chi connectivity index (χ3v) is 5.97. The summed E-state index contributed by atoms with van der Waals surface area (Å²) < 4.78 is 17.1. The second-order valence-electron chi connectivity index (χ2n) is 8.87. The van der Waals surface area contributed by atoms with E-state index in [-0.39, 0.29) is 29.3 Å². The van der Waals surface area contributed by atoms with Gasteiger partial charge >= 0.3 is 11.9 Å². The van der Waals surface area contributed by atoms with Gasteiger partial charge in [0.05, 0.1) is 30.4 Å². The highest BCUT2D eigenvalue weighted by molar-refractivity contribution is 5.98. The van der Waals surface area contributed by atoms with Crippen LogP contribution in [0.25, 0.3) is 0 Å². The Morgan fingerprint density at radius 2 is 1.51 bits per heavy atom. The molecule has 3 N–H and O–H groups in total. The number of aromatic carboxylic acids is 1. The number of rotatable bonds is 15. The fourth-order valence-corrected chi connectivity index (χ4v) is 3.68. The highest BCUT2D eigenvalue weighted by Gasteiger charge is 2.22. The standard InChI is InChI=1S/C30H33NO8/c1-3-26(30(35)36)39-27-19-22(29(33)34)14-15-25(27)31-28(32)20(2)21-10-9-13-24(18-21)38-17-8-7-16-37-23-11-5-4-6-12-23/h4-6,9-15,18-20,26H,3,7-8,16-17H2,1-2H3,(H,31,32)(H,33,34)(H,35,36). The van der Waals surface area contributed by atoms with E-state index in [4.69, 9.17) is 14.2 Å². The Labute approximate surface area is 227 Å². The Hall–Kier alpha value is -4.53. The monoisotopic (exact) mass is 535 g/mol. The first-order valence-electron chi connectivity index (χ1n) is 12.8. The molecule has 9 heteroatoms. The number of unbranched alkanes of at least 4 members (excludes halogenated alkanes) is 1. The van der Waals surface area contributed by atoms with Crippen LogP contribution in [-0.2, 0) is 9.59 Å². The van der Waals surface area contributed by atoms with E-state index in [2.05, 4.69) is 5.32 Å². The molecule has 206 valence electrons. The lowest BCUT2D eigenvalue weighted by molar-refractivity contribution is -0.145. The summed E-state index contributed by atoms with van der Waals surface area (Å²) in [6.07, 6.45) is 0.598. The molecule has 3 aromatic carbocycles. The van der Waals surface area contributed by atoms with Crippen molar-refractivity contribution in [3.63, 3.8) is 0 Å². The summed E-state index contributed by atoms with van der Waals surface area (Å²) in [6, 6.07) is 20.8. The summed E-state index contributed by atoms with van der Waals surface area (Å²) in [5.74, 6) is -1.90. The lowest BCUT2D eigenvalue weighted by Gasteiger charge is -2.19. The Morgan fingerprint density at radius 1 is 0.846 bits per heavy atom. The van der Waals surface area contributed by atoms with Crippen LogP contribution in [-0.4, -0.2) is 47.4 Å². The molecule has 0 saturated heterocycles. The maximum atomic E-state index is 13.1. The zero-order chi connectivity index (χ0) is 28.2. The van der Waals surface area contributed by atoms with Crippen LogP contribution in [0, 0.1) is 0 Å². The van der Waals surface area contributed by atoms with E-state index in [9.17, 15) is 24.6 Å². The molecule has 3 aromatic rings. The van der Waals surface area contributed by atoms with Crippen molar-refractivity contribution in [3.05, 3.63) is 83.9 Å². The largest absolute Gasteiger partial charge is 0.494 e. The summed E-state index contributed by atoms with van der Waals surface area (Å²) in [5, 5.41) is 21.4. The minimum Gasteiger partial charge on any atom is -0.494 e. The molecule has 9 nitrogen and oxygen atoms in total. The molecule has 0 spiro atoms. The molecule has 0 heterocycles. The molecular formula is C30H33NO8. The second kappa shape index (κ2) is 14.4. The Balaban J connectivity index is 1.59. The quantitative estimate of drug-likeness (QED) is 0.214. The minimum atomic E-state index is -1.20. The summed E-state index contributed by atoms with van der Waals surface area (Å²) in [6.45, 7) is 4.46. The fraction of sp³-hybridized carbons (Fsp3) is 0.300. The lowest BCUT2D eigenvalue weighted by Crippen LogP contribution is -2.27. The number of amides is 1. The first kappa shape index (κ1) is 29.0. The minimum absolute atomic E-state index is 0.0296. The molecule has 0 aromatic heterocycles. The zero-order valence-electron chi connectivity index (χ0n) is 22.0. The lowest BCUT2D eigenvalue weighted by atomic mass is 10.00. The number of aliphatic carboxylic acids is 1. The molecule has 0 radical (unpaired) electrons. The van der Waals surface area contributed by atoms with Crippen LogP contribution in [0.2, 0.25) is 0 Å². The molecule has 39 heavy (non-hydrogen) atoms. The van der Waals surface area contributed by atoms with Crippen molar-refractivity contribution in [2.24, 2.45) is 0 Å². The number of hydrogen-bond donors (Lipinski definition) is 3. The molecular weight excluding hydrogens is 502 g/mol. The molecule has 0 saturated carbocycles. The van der Waals surface area contributed by atoms with Gasteiger partial charge in [0.1, 0.15) is 17.2 Å². The second-order valence-corrected chi connectivity index (χ2v) is 8.87. The number of benzene rings is 3. The van der Waals surface area contributed by atoms with Crippen LogP contribution in [0.1, 0.15) is 54.9 Å².